The fourth-order valence-corrected chi connectivity index (χ4v) is 4.43. The highest BCUT2D eigenvalue weighted by Crippen LogP contribution is 2.56. The summed E-state index contributed by atoms with van der Waals surface area (Å²) in [4.78, 5) is 10.3. The molecule has 6 heteroatoms. The molecule has 0 radical (unpaired) electrons. The first kappa shape index (κ1) is 10.8. The SMILES string of the molecule is Nc1ncc(Cl)c(N2CC3CC4CC3C2C4O)n1. The summed E-state index contributed by atoms with van der Waals surface area (Å²) in [5, 5.41) is 10.9. The van der Waals surface area contributed by atoms with Crippen LogP contribution in [0.2, 0.25) is 5.02 Å². The van der Waals surface area contributed by atoms with Gasteiger partial charge in [-0.05, 0) is 30.6 Å². The lowest BCUT2D eigenvalue weighted by atomic mass is 9.88. The van der Waals surface area contributed by atoms with E-state index < -0.39 is 0 Å². The minimum atomic E-state index is -0.249. The number of nitrogens with two attached hydrogens (primary N) is 1. The first-order valence-corrected chi connectivity index (χ1v) is 6.75. The van der Waals surface area contributed by atoms with Gasteiger partial charge in [0.2, 0.25) is 5.95 Å². The average molecular weight is 267 g/mol. The summed E-state index contributed by atoms with van der Waals surface area (Å²) in [7, 11) is 0. The van der Waals surface area contributed by atoms with Gasteiger partial charge < -0.3 is 15.7 Å². The topological polar surface area (TPSA) is 75.3 Å². The number of nitrogen functional groups attached to an aromatic ring is 1. The van der Waals surface area contributed by atoms with Crippen molar-refractivity contribution >= 4 is 23.4 Å². The third kappa shape index (κ3) is 1.26. The van der Waals surface area contributed by atoms with E-state index >= 15 is 0 Å². The number of fused-ring (bicyclic) bond motifs is 1. The summed E-state index contributed by atoms with van der Waals surface area (Å²) >= 11 is 6.17. The van der Waals surface area contributed by atoms with Crippen molar-refractivity contribution in [3.05, 3.63) is 11.2 Å². The number of hydrogen-bond acceptors (Lipinski definition) is 5. The van der Waals surface area contributed by atoms with Crippen molar-refractivity contribution in [2.45, 2.75) is 25.0 Å². The first-order valence-electron chi connectivity index (χ1n) is 6.38. The van der Waals surface area contributed by atoms with Gasteiger partial charge in [0.05, 0.1) is 18.3 Å². The molecule has 1 saturated heterocycles. The normalized spacial score (nSPS) is 40.8. The lowest BCUT2D eigenvalue weighted by Gasteiger charge is -2.30. The minimum Gasteiger partial charge on any atom is -0.391 e. The molecule has 3 fully saturated rings. The molecule has 5 atom stereocenters. The van der Waals surface area contributed by atoms with Gasteiger partial charge >= 0.3 is 0 Å². The van der Waals surface area contributed by atoms with Gasteiger partial charge in [-0.2, -0.15) is 4.98 Å². The van der Waals surface area contributed by atoms with Crippen LogP contribution in [0.15, 0.2) is 6.20 Å². The van der Waals surface area contributed by atoms with E-state index in [1.54, 1.807) is 0 Å². The zero-order valence-electron chi connectivity index (χ0n) is 9.83. The second kappa shape index (κ2) is 3.48. The van der Waals surface area contributed by atoms with Crippen LogP contribution in [0.25, 0.3) is 0 Å². The Hall–Kier alpha value is -1.07. The van der Waals surface area contributed by atoms with Crippen LogP contribution < -0.4 is 10.6 Å². The van der Waals surface area contributed by atoms with Crippen LogP contribution in [0.1, 0.15) is 12.8 Å². The average Bonchev–Trinajstić information content (AvgIpc) is 2.93. The second-order valence-corrected chi connectivity index (χ2v) is 6.10. The van der Waals surface area contributed by atoms with E-state index in [1.807, 2.05) is 0 Å². The van der Waals surface area contributed by atoms with Crippen LogP contribution in [0.5, 0.6) is 0 Å². The molecule has 2 aliphatic carbocycles. The van der Waals surface area contributed by atoms with Crippen LogP contribution in [0.3, 0.4) is 0 Å². The largest absolute Gasteiger partial charge is 0.391 e. The number of aliphatic hydroxyl groups excluding tert-OH is 1. The van der Waals surface area contributed by atoms with Crippen molar-refractivity contribution in [3.8, 4) is 0 Å². The van der Waals surface area contributed by atoms with Gasteiger partial charge in [-0.15, -0.1) is 0 Å². The molecule has 2 saturated carbocycles. The van der Waals surface area contributed by atoms with Gasteiger partial charge in [0.25, 0.3) is 0 Å². The molecule has 1 aromatic heterocycles. The van der Waals surface area contributed by atoms with Gasteiger partial charge in [0, 0.05) is 6.54 Å². The van der Waals surface area contributed by atoms with Crippen LogP contribution in [-0.2, 0) is 0 Å². The van der Waals surface area contributed by atoms with Crippen LogP contribution >= 0.6 is 11.6 Å². The molecule has 96 valence electrons. The molecule has 0 spiro atoms. The summed E-state index contributed by atoms with van der Waals surface area (Å²) in [6.07, 6.45) is 3.57. The molecule has 0 aromatic carbocycles. The number of hydrogen-bond donors (Lipinski definition) is 2. The molecular formula is C12H15ClN4O. The van der Waals surface area contributed by atoms with E-state index in [-0.39, 0.29) is 18.1 Å². The summed E-state index contributed by atoms with van der Waals surface area (Å²) in [6, 6.07) is 0.167. The quantitative estimate of drug-likeness (QED) is 0.791. The number of aromatic nitrogens is 2. The minimum absolute atomic E-state index is 0.167. The summed E-state index contributed by atoms with van der Waals surface area (Å²) < 4.78 is 0. The zero-order chi connectivity index (χ0) is 12.4. The Balaban J connectivity index is 1.76. The number of anilines is 2. The molecule has 5 unspecified atom stereocenters. The highest BCUT2D eigenvalue weighted by atomic mass is 35.5. The number of halogens is 1. The Bertz CT molecular complexity index is 509. The van der Waals surface area contributed by atoms with E-state index in [4.69, 9.17) is 17.3 Å². The second-order valence-electron chi connectivity index (χ2n) is 5.69. The van der Waals surface area contributed by atoms with Gasteiger partial charge in [0.15, 0.2) is 5.82 Å². The molecular weight excluding hydrogens is 252 g/mol. The fraction of sp³-hybridized carbons (Fsp3) is 0.667. The summed E-state index contributed by atoms with van der Waals surface area (Å²) in [5.74, 6) is 2.65. The maximum atomic E-state index is 10.3. The lowest BCUT2D eigenvalue weighted by molar-refractivity contribution is 0.0965. The fourth-order valence-electron chi connectivity index (χ4n) is 4.23. The maximum Gasteiger partial charge on any atom is 0.222 e. The van der Waals surface area contributed by atoms with Crippen molar-refractivity contribution in [3.63, 3.8) is 0 Å². The molecule has 2 bridgehead atoms. The molecule has 2 heterocycles. The maximum absolute atomic E-state index is 10.3. The van der Waals surface area contributed by atoms with E-state index in [1.165, 1.54) is 6.20 Å². The molecule has 1 aliphatic heterocycles. The van der Waals surface area contributed by atoms with Crippen molar-refractivity contribution in [1.29, 1.82) is 0 Å². The van der Waals surface area contributed by atoms with Crippen molar-refractivity contribution in [1.82, 2.24) is 9.97 Å². The van der Waals surface area contributed by atoms with Gasteiger partial charge in [-0.1, -0.05) is 11.6 Å². The molecule has 3 N–H and O–H groups in total. The Morgan fingerprint density at radius 1 is 1.39 bits per heavy atom. The summed E-state index contributed by atoms with van der Waals surface area (Å²) in [5.41, 5.74) is 5.64. The van der Waals surface area contributed by atoms with Crippen molar-refractivity contribution in [2.24, 2.45) is 17.8 Å². The first-order chi connectivity index (χ1) is 8.65. The monoisotopic (exact) mass is 266 g/mol. The Morgan fingerprint density at radius 2 is 2.22 bits per heavy atom. The standard InChI is InChI=1S/C12H15ClN4O/c13-8-3-15-12(14)16-11(8)17-4-6-1-5-2-7(6)9(17)10(5)18/h3,5-7,9-10,18H,1-2,4H2,(H2,14,15,16). The highest BCUT2D eigenvalue weighted by molar-refractivity contribution is 6.32. The molecule has 1 aromatic rings. The van der Waals surface area contributed by atoms with E-state index in [0.29, 0.717) is 28.6 Å². The third-order valence-electron chi connectivity index (χ3n) is 4.86. The van der Waals surface area contributed by atoms with Crippen molar-refractivity contribution in [2.75, 3.05) is 17.2 Å². The predicted molar refractivity (Wildman–Crippen MR) is 68.3 cm³/mol. The molecule has 3 aliphatic rings. The van der Waals surface area contributed by atoms with E-state index in [2.05, 4.69) is 14.9 Å². The summed E-state index contributed by atoms with van der Waals surface area (Å²) in [6.45, 7) is 0.930. The Morgan fingerprint density at radius 3 is 3.00 bits per heavy atom. The van der Waals surface area contributed by atoms with E-state index in [0.717, 1.165) is 19.4 Å². The van der Waals surface area contributed by atoms with Gasteiger partial charge in [0.1, 0.15) is 5.02 Å². The Kier molecular flexibility index (Phi) is 2.09. The zero-order valence-corrected chi connectivity index (χ0v) is 10.6. The van der Waals surface area contributed by atoms with Crippen LogP contribution in [0.4, 0.5) is 11.8 Å². The molecule has 18 heavy (non-hydrogen) atoms. The number of nitrogens with zero attached hydrogens (tertiary/aromatic N) is 3. The smallest absolute Gasteiger partial charge is 0.222 e. The lowest BCUT2D eigenvalue weighted by Crippen LogP contribution is -2.41. The van der Waals surface area contributed by atoms with Crippen molar-refractivity contribution < 1.29 is 5.11 Å². The van der Waals surface area contributed by atoms with E-state index in [9.17, 15) is 5.11 Å². The highest BCUT2D eigenvalue weighted by Gasteiger charge is 2.59. The molecule has 4 rings (SSSR count). The Labute approximate surface area is 110 Å². The number of aliphatic hydroxyl groups is 1. The predicted octanol–water partition coefficient (Wildman–Crippen LogP) is 0.918. The van der Waals surface area contributed by atoms with Crippen LogP contribution in [-0.4, -0.2) is 33.8 Å². The van der Waals surface area contributed by atoms with Gasteiger partial charge in [-0.3, -0.25) is 0 Å². The molecule has 5 nitrogen and oxygen atoms in total. The van der Waals surface area contributed by atoms with Crippen LogP contribution in [0, 0.1) is 17.8 Å². The molecule has 0 amide bonds. The number of rotatable bonds is 1. The third-order valence-corrected chi connectivity index (χ3v) is 5.13. The van der Waals surface area contributed by atoms with Gasteiger partial charge in [-0.25, -0.2) is 4.98 Å².